The van der Waals surface area contributed by atoms with E-state index in [0.717, 1.165) is 11.1 Å². The number of hydrogen-bond acceptors (Lipinski definition) is 3. The Bertz CT molecular complexity index is 854. The summed E-state index contributed by atoms with van der Waals surface area (Å²) in [5.41, 5.74) is 2.08. The lowest BCUT2D eigenvalue weighted by atomic mass is 10.1. The van der Waals surface area contributed by atoms with Crippen LogP contribution in [0.3, 0.4) is 0 Å². The van der Waals surface area contributed by atoms with E-state index in [9.17, 15) is 9.59 Å². The average molecular weight is 431 g/mol. The van der Waals surface area contributed by atoms with Gasteiger partial charge >= 0.3 is 0 Å². The predicted molar refractivity (Wildman–Crippen MR) is 121 cm³/mol. The predicted octanol–water partition coefficient (Wildman–Crippen LogP) is 4.61. The Kier molecular flexibility index (Phi) is 9.18. The summed E-state index contributed by atoms with van der Waals surface area (Å²) in [5, 5.41) is 3.49. The van der Waals surface area contributed by atoms with Crippen molar-refractivity contribution in [2.45, 2.75) is 46.7 Å². The molecule has 0 aromatic heterocycles. The van der Waals surface area contributed by atoms with Crippen LogP contribution >= 0.6 is 11.6 Å². The first-order valence-corrected chi connectivity index (χ1v) is 10.7. The SMILES string of the molecule is CC[C@H](C(=O)NCC(C)C)N(Cc1cccc(C)c1)C(=O)COc1cccc(Cl)c1. The second-order valence-corrected chi connectivity index (χ2v) is 8.26. The summed E-state index contributed by atoms with van der Waals surface area (Å²) in [4.78, 5) is 27.6. The number of amides is 2. The van der Waals surface area contributed by atoms with E-state index in [4.69, 9.17) is 16.3 Å². The topological polar surface area (TPSA) is 58.6 Å². The van der Waals surface area contributed by atoms with Crippen molar-refractivity contribution in [2.75, 3.05) is 13.2 Å². The van der Waals surface area contributed by atoms with Crippen LogP contribution in [0, 0.1) is 12.8 Å². The second kappa shape index (κ2) is 11.6. The molecule has 2 aromatic carbocycles. The number of carbonyl (C=O) groups is 2. The third kappa shape index (κ3) is 7.38. The molecule has 0 fully saturated rings. The third-order valence-corrected chi connectivity index (χ3v) is 4.90. The lowest BCUT2D eigenvalue weighted by molar-refractivity contribution is -0.143. The number of rotatable bonds is 10. The molecule has 6 heteroatoms. The van der Waals surface area contributed by atoms with Crippen molar-refractivity contribution in [2.24, 2.45) is 5.92 Å². The number of ether oxygens (including phenoxy) is 1. The van der Waals surface area contributed by atoms with Gasteiger partial charge in [-0.05, 0) is 43.0 Å². The van der Waals surface area contributed by atoms with Crippen LogP contribution in [0.25, 0.3) is 0 Å². The average Bonchev–Trinajstić information content (AvgIpc) is 2.70. The minimum absolute atomic E-state index is 0.144. The Labute approximate surface area is 184 Å². The van der Waals surface area contributed by atoms with E-state index in [-0.39, 0.29) is 18.4 Å². The Morgan fingerprint density at radius 1 is 1.13 bits per heavy atom. The Balaban J connectivity index is 2.19. The molecule has 2 rings (SSSR count). The zero-order chi connectivity index (χ0) is 22.1. The van der Waals surface area contributed by atoms with E-state index in [1.54, 1.807) is 29.2 Å². The zero-order valence-corrected chi connectivity index (χ0v) is 18.9. The highest BCUT2D eigenvalue weighted by Gasteiger charge is 2.29. The molecule has 1 N–H and O–H groups in total. The number of hydrogen-bond donors (Lipinski definition) is 1. The fraction of sp³-hybridized carbons (Fsp3) is 0.417. The number of carbonyl (C=O) groups excluding carboxylic acids is 2. The van der Waals surface area contributed by atoms with Gasteiger partial charge in [-0.2, -0.15) is 0 Å². The number of aryl methyl sites for hydroxylation is 1. The molecule has 2 aromatic rings. The van der Waals surface area contributed by atoms with Gasteiger partial charge in [-0.3, -0.25) is 9.59 Å². The first-order chi connectivity index (χ1) is 14.3. The Morgan fingerprint density at radius 3 is 2.50 bits per heavy atom. The van der Waals surface area contributed by atoms with Crippen molar-refractivity contribution < 1.29 is 14.3 Å². The molecule has 5 nitrogen and oxygen atoms in total. The van der Waals surface area contributed by atoms with E-state index >= 15 is 0 Å². The van der Waals surface area contributed by atoms with Gasteiger partial charge in [-0.1, -0.05) is 68.3 Å². The van der Waals surface area contributed by atoms with E-state index in [0.29, 0.717) is 36.2 Å². The van der Waals surface area contributed by atoms with Gasteiger partial charge in [0, 0.05) is 18.1 Å². The molecule has 0 aliphatic rings. The molecule has 0 unspecified atom stereocenters. The number of nitrogens with zero attached hydrogens (tertiary/aromatic N) is 1. The van der Waals surface area contributed by atoms with Gasteiger partial charge in [0.15, 0.2) is 6.61 Å². The smallest absolute Gasteiger partial charge is 0.261 e. The Hall–Kier alpha value is -2.53. The third-order valence-electron chi connectivity index (χ3n) is 4.66. The maximum absolute atomic E-state index is 13.1. The molecule has 2 amide bonds. The van der Waals surface area contributed by atoms with Crippen molar-refractivity contribution in [3.63, 3.8) is 0 Å². The summed E-state index contributed by atoms with van der Waals surface area (Å²) >= 11 is 5.99. The molecule has 1 atom stereocenters. The monoisotopic (exact) mass is 430 g/mol. The van der Waals surface area contributed by atoms with Crippen LogP contribution in [0.15, 0.2) is 48.5 Å². The number of halogens is 1. The van der Waals surface area contributed by atoms with Crippen molar-refractivity contribution >= 4 is 23.4 Å². The van der Waals surface area contributed by atoms with Gasteiger partial charge in [0.25, 0.3) is 5.91 Å². The molecule has 30 heavy (non-hydrogen) atoms. The molecule has 0 aliphatic carbocycles. The van der Waals surface area contributed by atoms with E-state index in [1.165, 1.54) is 0 Å². The second-order valence-electron chi connectivity index (χ2n) is 7.82. The standard InChI is InChI=1S/C24H31ClN2O3/c1-5-22(24(29)26-14-17(2)3)27(15-19-9-6-8-18(4)12-19)23(28)16-30-21-11-7-10-20(25)13-21/h6-13,17,22H,5,14-16H2,1-4H3,(H,26,29)/t22-/m1/s1. The molecule has 0 heterocycles. The molecule has 0 saturated heterocycles. The minimum Gasteiger partial charge on any atom is -0.484 e. The van der Waals surface area contributed by atoms with Gasteiger partial charge in [0.2, 0.25) is 5.91 Å². The van der Waals surface area contributed by atoms with Crippen LogP contribution < -0.4 is 10.1 Å². The van der Waals surface area contributed by atoms with E-state index in [1.807, 2.05) is 52.0 Å². The van der Waals surface area contributed by atoms with Crippen molar-refractivity contribution in [3.8, 4) is 5.75 Å². The van der Waals surface area contributed by atoms with Gasteiger partial charge < -0.3 is 15.0 Å². The number of nitrogens with one attached hydrogen (secondary N) is 1. The molecule has 162 valence electrons. The quantitative estimate of drug-likeness (QED) is 0.598. The van der Waals surface area contributed by atoms with Crippen LogP contribution in [0.1, 0.15) is 38.3 Å². The van der Waals surface area contributed by atoms with E-state index in [2.05, 4.69) is 5.32 Å². The molecule has 0 aliphatic heterocycles. The molecular weight excluding hydrogens is 400 g/mol. The lowest BCUT2D eigenvalue weighted by Gasteiger charge is -2.31. The van der Waals surface area contributed by atoms with Gasteiger partial charge in [0.1, 0.15) is 11.8 Å². The van der Waals surface area contributed by atoms with Gasteiger partial charge in [-0.25, -0.2) is 0 Å². The fourth-order valence-corrected chi connectivity index (χ4v) is 3.31. The van der Waals surface area contributed by atoms with Crippen LogP contribution in [0.2, 0.25) is 5.02 Å². The van der Waals surface area contributed by atoms with E-state index < -0.39 is 6.04 Å². The largest absolute Gasteiger partial charge is 0.484 e. The minimum atomic E-state index is -0.570. The summed E-state index contributed by atoms with van der Waals surface area (Å²) in [6.45, 7) is 8.73. The fourth-order valence-electron chi connectivity index (χ4n) is 3.13. The van der Waals surface area contributed by atoms with Crippen LogP contribution in [0.4, 0.5) is 0 Å². The molecule has 0 bridgehead atoms. The van der Waals surface area contributed by atoms with Crippen LogP contribution in [-0.2, 0) is 16.1 Å². The molecular formula is C24H31ClN2O3. The maximum atomic E-state index is 13.1. The zero-order valence-electron chi connectivity index (χ0n) is 18.2. The first kappa shape index (κ1) is 23.7. The van der Waals surface area contributed by atoms with Gasteiger partial charge in [-0.15, -0.1) is 0 Å². The van der Waals surface area contributed by atoms with Crippen LogP contribution in [0.5, 0.6) is 5.75 Å². The normalized spacial score (nSPS) is 11.8. The van der Waals surface area contributed by atoms with Crippen LogP contribution in [-0.4, -0.2) is 35.9 Å². The highest BCUT2D eigenvalue weighted by atomic mass is 35.5. The summed E-state index contributed by atoms with van der Waals surface area (Å²) in [6, 6.07) is 14.3. The molecule has 0 saturated carbocycles. The lowest BCUT2D eigenvalue weighted by Crippen LogP contribution is -2.50. The first-order valence-electron chi connectivity index (χ1n) is 10.3. The van der Waals surface area contributed by atoms with Crippen molar-refractivity contribution in [1.82, 2.24) is 10.2 Å². The molecule has 0 spiro atoms. The van der Waals surface area contributed by atoms with Crippen molar-refractivity contribution in [3.05, 3.63) is 64.7 Å². The summed E-state index contributed by atoms with van der Waals surface area (Å²) in [5.74, 6) is 0.459. The van der Waals surface area contributed by atoms with Gasteiger partial charge in [0.05, 0.1) is 0 Å². The summed E-state index contributed by atoms with van der Waals surface area (Å²) in [7, 11) is 0. The highest BCUT2D eigenvalue weighted by Crippen LogP contribution is 2.18. The Morgan fingerprint density at radius 2 is 1.87 bits per heavy atom. The maximum Gasteiger partial charge on any atom is 0.261 e. The highest BCUT2D eigenvalue weighted by molar-refractivity contribution is 6.30. The number of benzene rings is 2. The molecule has 0 radical (unpaired) electrons. The van der Waals surface area contributed by atoms with Crippen molar-refractivity contribution in [1.29, 1.82) is 0 Å². The summed E-state index contributed by atoms with van der Waals surface area (Å²) < 4.78 is 5.66. The summed E-state index contributed by atoms with van der Waals surface area (Å²) in [6.07, 6.45) is 0.513.